The van der Waals surface area contributed by atoms with Crippen molar-refractivity contribution in [1.29, 1.82) is 0 Å². The quantitative estimate of drug-likeness (QED) is 0.772. The van der Waals surface area contributed by atoms with Gasteiger partial charge in [0, 0.05) is 6.54 Å². The normalized spacial score (nSPS) is 23.1. The molecule has 1 aliphatic heterocycles. The number of carbonyl (C=O) groups is 2. The van der Waals surface area contributed by atoms with Crippen molar-refractivity contribution >= 4 is 11.9 Å². The number of ether oxygens (including phenoxy) is 3. The number of esters is 1. The molecule has 1 saturated heterocycles. The molecule has 0 bridgehead atoms. The smallest absolute Gasteiger partial charge is 0.338 e. The van der Waals surface area contributed by atoms with Gasteiger partial charge >= 0.3 is 5.97 Å². The molecule has 1 fully saturated rings. The fraction of sp³-hybridized carbons (Fsp3) is 0.556. The highest BCUT2D eigenvalue weighted by Gasteiger charge is 2.51. The number of methoxy groups -OCH3 is 1. The molecule has 3 atom stereocenters. The van der Waals surface area contributed by atoms with Crippen LogP contribution in [-0.2, 0) is 30.3 Å². The van der Waals surface area contributed by atoms with Crippen molar-refractivity contribution in [1.82, 2.24) is 4.90 Å². The number of carbonyl (C=O) groups excluding carboxylic acids is 2. The van der Waals surface area contributed by atoms with Crippen molar-refractivity contribution in [3.63, 3.8) is 0 Å². The minimum atomic E-state index is -1.14. The predicted molar refractivity (Wildman–Crippen MR) is 89.4 cm³/mol. The van der Waals surface area contributed by atoms with Gasteiger partial charge < -0.3 is 24.2 Å². The molecule has 0 radical (unpaired) electrons. The first kappa shape index (κ1) is 19.4. The van der Waals surface area contributed by atoms with Gasteiger partial charge in [0.05, 0.1) is 19.8 Å². The lowest BCUT2D eigenvalue weighted by Crippen LogP contribution is -2.50. The van der Waals surface area contributed by atoms with Crippen LogP contribution in [0.4, 0.5) is 0 Å². The molecule has 25 heavy (non-hydrogen) atoms. The fourth-order valence-corrected chi connectivity index (χ4v) is 2.72. The van der Waals surface area contributed by atoms with Crippen LogP contribution in [-0.4, -0.2) is 59.6 Å². The number of aliphatic hydroxyl groups is 1. The second-order valence-electron chi connectivity index (χ2n) is 6.48. The molecule has 1 aromatic carbocycles. The van der Waals surface area contributed by atoms with Gasteiger partial charge in [-0.1, -0.05) is 30.3 Å². The summed E-state index contributed by atoms with van der Waals surface area (Å²) in [6.45, 7) is 5.07. The highest BCUT2D eigenvalue weighted by Crippen LogP contribution is 2.30. The van der Waals surface area contributed by atoms with Crippen LogP contribution in [0.15, 0.2) is 30.3 Å². The Hall–Kier alpha value is -1.96. The number of hydrogen-bond donors (Lipinski definition) is 1. The molecule has 1 aliphatic rings. The molecule has 1 N–H and O–H groups in total. The van der Waals surface area contributed by atoms with Crippen LogP contribution in [0.25, 0.3) is 0 Å². The van der Waals surface area contributed by atoms with E-state index in [1.165, 1.54) is 12.0 Å². The number of amides is 1. The zero-order chi connectivity index (χ0) is 18.6. The van der Waals surface area contributed by atoms with Crippen molar-refractivity contribution in [2.24, 2.45) is 0 Å². The van der Waals surface area contributed by atoms with E-state index in [0.29, 0.717) is 0 Å². The summed E-state index contributed by atoms with van der Waals surface area (Å²) in [5.74, 6) is -2.17. The van der Waals surface area contributed by atoms with E-state index in [-0.39, 0.29) is 13.2 Å². The van der Waals surface area contributed by atoms with E-state index < -0.39 is 35.9 Å². The fourth-order valence-electron chi connectivity index (χ4n) is 2.72. The van der Waals surface area contributed by atoms with E-state index in [0.717, 1.165) is 5.56 Å². The zero-order valence-corrected chi connectivity index (χ0v) is 15.0. The topological polar surface area (TPSA) is 85.3 Å². The monoisotopic (exact) mass is 351 g/mol. The second-order valence-corrected chi connectivity index (χ2v) is 6.48. The van der Waals surface area contributed by atoms with Gasteiger partial charge in [-0.2, -0.15) is 0 Å². The molecular weight excluding hydrogens is 326 g/mol. The lowest BCUT2D eigenvalue weighted by Gasteiger charge is -2.31. The van der Waals surface area contributed by atoms with E-state index in [4.69, 9.17) is 14.2 Å². The number of benzene rings is 1. The Morgan fingerprint density at radius 2 is 1.84 bits per heavy atom. The molecule has 0 spiro atoms. The summed E-state index contributed by atoms with van der Waals surface area (Å²) in [7, 11) is 1.23. The Morgan fingerprint density at radius 1 is 1.24 bits per heavy atom. The molecule has 0 unspecified atom stereocenters. The van der Waals surface area contributed by atoms with Gasteiger partial charge in [0.25, 0.3) is 5.91 Å². The van der Waals surface area contributed by atoms with Crippen molar-refractivity contribution < 1.29 is 28.9 Å². The third-order valence-electron chi connectivity index (χ3n) is 4.05. The van der Waals surface area contributed by atoms with Crippen molar-refractivity contribution in [3.05, 3.63) is 35.9 Å². The van der Waals surface area contributed by atoms with Crippen LogP contribution in [0, 0.1) is 0 Å². The van der Waals surface area contributed by atoms with Crippen molar-refractivity contribution in [2.45, 2.75) is 51.4 Å². The molecule has 0 saturated carbocycles. The van der Waals surface area contributed by atoms with Crippen LogP contribution >= 0.6 is 0 Å². The Bertz CT molecular complexity index is 603. The lowest BCUT2D eigenvalue weighted by atomic mass is 10.1. The summed E-state index contributed by atoms with van der Waals surface area (Å²) in [5, 5.41) is 9.54. The Labute approximate surface area is 147 Å². The lowest BCUT2D eigenvalue weighted by molar-refractivity contribution is -0.169. The van der Waals surface area contributed by atoms with E-state index in [1.54, 1.807) is 20.8 Å². The first-order chi connectivity index (χ1) is 11.8. The van der Waals surface area contributed by atoms with Gasteiger partial charge in [-0.05, 0) is 26.3 Å². The van der Waals surface area contributed by atoms with Crippen LogP contribution in [0.5, 0.6) is 0 Å². The molecule has 138 valence electrons. The first-order valence-corrected chi connectivity index (χ1v) is 8.18. The first-order valence-electron chi connectivity index (χ1n) is 8.18. The summed E-state index contributed by atoms with van der Waals surface area (Å²) in [6, 6.07) is 8.96. The summed E-state index contributed by atoms with van der Waals surface area (Å²) >= 11 is 0. The van der Waals surface area contributed by atoms with Crippen molar-refractivity contribution in [3.8, 4) is 0 Å². The molecule has 7 nitrogen and oxygen atoms in total. The van der Waals surface area contributed by atoms with E-state index in [2.05, 4.69) is 0 Å². The Morgan fingerprint density at radius 3 is 2.40 bits per heavy atom. The maximum atomic E-state index is 13.1. The van der Waals surface area contributed by atoms with Gasteiger partial charge in [-0.15, -0.1) is 0 Å². The highest BCUT2D eigenvalue weighted by atomic mass is 16.8. The Balaban J connectivity index is 2.26. The number of rotatable bonds is 6. The third kappa shape index (κ3) is 4.56. The summed E-state index contributed by atoms with van der Waals surface area (Å²) in [4.78, 5) is 26.5. The van der Waals surface area contributed by atoms with Gasteiger partial charge in [-0.3, -0.25) is 4.79 Å². The standard InChI is InChI=1S/C18H25NO6/c1-12(11-20)19(10-13-8-6-5-7-9-13)16(21)14-15(17(22)23-4)25-18(2,3)24-14/h5-9,12,14-15,20H,10-11H2,1-4H3/t12-,14-,15-/m1/s1. The molecular formula is C18H25NO6. The number of aliphatic hydroxyl groups excluding tert-OH is 1. The van der Waals surface area contributed by atoms with Crippen LogP contribution < -0.4 is 0 Å². The minimum Gasteiger partial charge on any atom is -0.467 e. The molecule has 7 heteroatoms. The molecule has 0 aliphatic carbocycles. The largest absolute Gasteiger partial charge is 0.467 e. The second kappa shape index (κ2) is 7.95. The average molecular weight is 351 g/mol. The Kier molecular flexibility index (Phi) is 6.16. The van der Waals surface area contributed by atoms with E-state index in [1.807, 2.05) is 30.3 Å². The highest BCUT2D eigenvalue weighted by molar-refractivity contribution is 5.89. The van der Waals surface area contributed by atoms with E-state index >= 15 is 0 Å². The molecule has 0 aromatic heterocycles. The van der Waals surface area contributed by atoms with Crippen LogP contribution in [0.3, 0.4) is 0 Å². The number of hydrogen-bond acceptors (Lipinski definition) is 6. The molecule has 1 heterocycles. The maximum absolute atomic E-state index is 13.1. The van der Waals surface area contributed by atoms with Crippen LogP contribution in [0.1, 0.15) is 26.3 Å². The molecule has 1 aromatic rings. The average Bonchev–Trinajstić information content (AvgIpc) is 2.94. The summed E-state index contributed by atoms with van der Waals surface area (Å²) < 4.78 is 15.9. The SMILES string of the molecule is COC(=O)[C@@H]1OC(C)(C)O[C@H]1C(=O)N(Cc1ccccc1)[C@H](C)CO. The van der Waals surface area contributed by atoms with Gasteiger partial charge in [0.1, 0.15) is 0 Å². The number of nitrogens with zero attached hydrogens (tertiary/aromatic N) is 1. The zero-order valence-electron chi connectivity index (χ0n) is 15.0. The molecule has 1 amide bonds. The van der Waals surface area contributed by atoms with Crippen molar-refractivity contribution in [2.75, 3.05) is 13.7 Å². The predicted octanol–water partition coefficient (Wildman–Crippen LogP) is 1.09. The van der Waals surface area contributed by atoms with Gasteiger partial charge in [-0.25, -0.2) is 4.79 Å². The van der Waals surface area contributed by atoms with E-state index in [9.17, 15) is 14.7 Å². The van der Waals surface area contributed by atoms with Gasteiger partial charge in [0.15, 0.2) is 18.0 Å². The third-order valence-corrected chi connectivity index (χ3v) is 4.05. The minimum absolute atomic E-state index is 0.210. The molecule has 2 rings (SSSR count). The summed E-state index contributed by atoms with van der Waals surface area (Å²) in [6.07, 6.45) is -2.27. The maximum Gasteiger partial charge on any atom is 0.338 e. The van der Waals surface area contributed by atoms with Gasteiger partial charge in [0.2, 0.25) is 0 Å². The van der Waals surface area contributed by atoms with Crippen LogP contribution in [0.2, 0.25) is 0 Å². The summed E-state index contributed by atoms with van der Waals surface area (Å²) in [5.41, 5.74) is 0.906.